The summed E-state index contributed by atoms with van der Waals surface area (Å²) < 4.78 is 0. The lowest BCUT2D eigenvalue weighted by Crippen LogP contribution is -2.07. The van der Waals surface area contributed by atoms with Crippen molar-refractivity contribution in [2.75, 3.05) is 5.32 Å². The Balaban J connectivity index is 1.63. The number of ketones is 1. The van der Waals surface area contributed by atoms with E-state index in [-0.39, 0.29) is 11.7 Å². The maximum Gasteiger partial charge on any atom is 0.250 e. The van der Waals surface area contributed by atoms with E-state index in [0.29, 0.717) is 21.3 Å². The van der Waals surface area contributed by atoms with Crippen molar-refractivity contribution in [3.05, 3.63) is 113 Å². The van der Waals surface area contributed by atoms with Gasteiger partial charge in [0.2, 0.25) is 11.7 Å². The first-order valence-corrected chi connectivity index (χ1v) is 10.2. The molecule has 1 heterocycles. The summed E-state index contributed by atoms with van der Waals surface area (Å²) in [6, 6.07) is 28.1. The van der Waals surface area contributed by atoms with Crippen LogP contribution in [0.15, 0.2) is 97.1 Å². The molecular weight excluding hydrogens is 392 g/mol. The van der Waals surface area contributed by atoms with Gasteiger partial charge in [-0.05, 0) is 11.6 Å². The quantitative estimate of drug-likeness (QED) is 0.328. The summed E-state index contributed by atoms with van der Waals surface area (Å²) in [5.41, 5.74) is 2.90. The van der Waals surface area contributed by atoms with Crippen LogP contribution in [-0.4, -0.2) is 16.7 Å². The number of anilines is 1. The molecule has 5 heteroatoms. The lowest BCUT2D eigenvalue weighted by atomic mass is 10.1. The van der Waals surface area contributed by atoms with E-state index in [1.807, 2.05) is 78.9 Å². The number of hydrogen-bond acceptors (Lipinski definition) is 4. The van der Waals surface area contributed by atoms with E-state index in [0.717, 1.165) is 11.1 Å². The molecule has 4 nitrogen and oxygen atoms in total. The normalized spacial score (nSPS) is 10.8. The van der Waals surface area contributed by atoms with Crippen molar-refractivity contribution >= 4 is 34.2 Å². The summed E-state index contributed by atoms with van der Waals surface area (Å²) >= 11 is 1.18. The molecule has 0 radical (unpaired) electrons. The molecule has 1 amide bonds. The molecule has 1 aromatic heterocycles. The number of carbonyl (C=O) groups excluding carboxylic acids is 2. The molecule has 1 N–H and O–H groups in total. The monoisotopic (exact) mass is 410 g/mol. The zero-order valence-electron chi connectivity index (χ0n) is 16.0. The molecule has 0 spiro atoms. The third kappa shape index (κ3) is 4.59. The molecule has 0 fully saturated rings. The summed E-state index contributed by atoms with van der Waals surface area (Å²) in [6.45, 7) is 0. The molecule has 0 aliphatic rings. The number of rotatable bonds is 6. The number of benzene rings is 3. The maximum absolute atomic E-state index is 13.1. The van der Waals surface area contributed by atoms with Gasteiger partial charge in [0.25, 0.3) is 0 Å². The van der Waals surface area contributed by atoms with Crippen LogP contribution in [0, 0.1) is 0 Å². The Kier molecular flexibility index (Phi) is 5.92. The Hall–Kier alpha value is -3.83. The Morgan fingerprint density at radius 2 is 1.40 bits per heavy atom. The Bertz CT molecular complexity index is 1180. The highest BCUT2D eigenvalue weighted by Crippen LogP contribution is 2.33. The van der Waals surface area contributed by atoms with Crippen LogP contribution < -0.4 is 5.32 Å². The van der Waals surface area contributed by atoms with E-state index in [1.165, 1.54) is 17.4 Å². The maximum atomic E-state index is 13.1. The Morgan fingerprint density at radius 3 is 2.07 bits per heavy atom. The van der Waals surface area contributed by atoms with Crippen LogP contribution in [0.4, 0.5) is 5.13 Å². The SMILES string of the molecule is O=C(/C=C/c1ccccc1)Nc1nc(-c2ccccc2)c(C(=O)c2ccccc2)s1. The first kappa shape index (κ1) is 19.5. The van der Waals surface area contributed by atoms with Gasteiger partial charge in [0, 0.05) is 17.2 Å². The molecule has 4 aromatic rings. The molecular formula is C25H18N2O2S. The predicted octanol–water partition coefficient (Wildman–Crippen LogP) is 5.69. The molecule has 4 rings (SSSR count). The van der Waals surface area contributed by atoms with Gasteiger partial charge >= 0.3 is 0 Å². The second kappa shape index (κ2) is 9.11. The van der Waals surface area contributed by atoms with Gasteiger partial charge in [-0.3, -0.25) is 14.9 Å². The van der Waals surface area contributed by atoms with Crippen molar-refractivity contribution in [2.24, 2.45) is 0 Å². The molecule has 3 aromatic carbocycles. The minimum atomic E-state index is -0.300. The molecule has 0 aliphatic heterocycles. The Morgan fingerprint density at radius 1 is 0.800 bits per heavy atom. The summed E-state index contributed by atoms with van der Waals surface area (Å²) in [6.07, 6.45) is 3.19. The van der Waals surface area contributed by atoms with E-state index in [9.17, 15) is 9.59 Å². The number of thiazole rings is 1. The van der Waals surface area contributed by atoms with Gasteiger partial charge < -0.3 is 0 Å². The first-order chi connectivity index (χ1) is 14.7. The van der Waals surface area contributed by atoms with E-state index >= 15 is 0 Å². The summed E-state index contributed by atoms with van der Waals surface area (Å²) in [5, 5.41) is 3.16. The van der Waals surface area contributed by atoms with Gasteiger partial charge in [-0.2, -0.15) is 0 Å². The lowest BCUT2D eigenvalue weighted by Gasteiger charge is -2.02. The van der Waals surface area contributed by atoms with Crippen LogP contribution >= 0.6 is 11.3 Å². The highest BCUT2D eigenvalue weighted by atomic mass is 32.1. The van der Waals surface area contributed by atoms with Crippen LogP contribution in [0.25, 0.3) is 17.3 Å². The Labute approximate surface area is 178 Å². The largest absolute Gasteiger partial charge is 0.298 e. The topological polar surface area (TPSA) is 59.1 Å². The average Bonchev–Trinajstić information content (AvgIpc) is 3.22. The predicted molar refractivity (Wildman–Crippen MR) is 122 cm³/mol. The smallest absolute Gasteiger partial charge is 0.250 e. The standard InChI is InChI=1S/C25H18N2O2S/c28-21(17-16-18-10-4-1-5-11-18)26-25-27-22(19-12-6-2-7-13-19)24(30-25)23(29)20-14-8-3-9-15-20/h1-17H,(H,26,27,28)/b17-16+. The average molecular weight is 410 g/mol. The molecule has 146 valence electrons. The second-order valence-corrected chi connectivity index (χ2v) is 7.49. The number of nitrogens with one attached hydrogen (secondary N) is 1. The van der Waals surface area contributed by atoms with Crippen molar-refractivity contribution < 1.29 is 9.59 Å². The third-order valence-electron chi connectivity index (χ3n) is 4.37. The minimum Gasteiger partial charge on any atom is -0.298 e. The van der Waals surface area contributed by atoms with Gasteiger partial charge in [0.05, 0.1) is 5.69 Å². The zero-order chi connectivity index (χ0) is 20.8. The van der Waals surface area contributed by atoms with Crippen molar-refractivity contribution in [3.8, 4) is 11.3 Å². The highest BCUT2D eigenvalue weighted by Gasteiger charge is 2.21. The molecule has 0 saturated carbocycles. The number of hydrogen-bond donors (Lipinski definition) is 1. The summed E-state index contributed by atoms with van der Waals surface area (Å²) in [4.78, 5) is 30.5. The molecule has 0 atom stereocenters. The molecule has 0 bridgehead atoms. The van der Waals surface area contributed by atoms with Crippen LogP contribution in [0.2, 0.25) is 0 Å². The van der Waals surface area contributed by atoms with Gasteiger partial charge in [-0.15, -0.1) is 0 Å². The van der Waals surface area contributed by atoms with Crippen molar-refractivity contribution in [3.63, 3.8) is 0 Å². The van der Waals surface area contributed by atoms with E-state index in [1.54, 1.807) is 18.2 Å². The number of carbonyl (C=O) groups is 2. The highest BCUT2D eigenvalue weighted by molar-refractivity contribution is 7.18. The van der Waals surface area contributed by atoms with Gasteiger partial charge in [0.15, 0.2) is 5.13 Å². The van der Waals surface area contributed by atoms with Gasteiger partial charge in [-0.1, -0.05) is 102 Å². The fraction of sp³-hybridized carbons (Fsp3) is 0. The zero-order valence-corrected chi connectivity index (χ0v) is 16.8. The van der Waals surface area contributed by atoms with Gasteiger partial charge in [0.1, 0.15) is 4.88 Å². The fourth-order valence-corrected chi connectivity index (χ4v) is 3.88. The van der Waals surface area contributed by atoms with Crippen LogP contribution in [0.3, 0.4) is 0 Å². The number of aromatic nitrogens is 1. The molecule has 0 aliphatic carbocycles. The molecule has 30 heavy (non-hydrogen) atoms. The molecule has 0 saturated heterocycles. The van der Waals surface area contributed by atoms with E-state index in [2.05, 4.69) is 10.3 Å². The summed E-state index contributed by atoms with van der Waals surface area (Å²) in [5.74, 6) is -0.418. The van der Waals surface area contributed by atoms with Crippen LogP contribution in [0.1, 0.15) is 20.8 Å². The molecule has 0 unspecified atom stereocenters. The van der Waals surface area contributed by atoms with Crippen molar-refractivity contribution in [1.82, 2.24) is 4.98 Å². The number of nitrogens with zero attached hydrogens (tertiary/aromatic N) is 1. The van der Waals surface area contributed by atoms with Crippen LogP contribution in [0.5, 0.6) is 0 Å². The minimum absolute atomic E-state index is 0.118. The van der Waals surface area contributed by atoms with E-state index in [4.69, 9.17) is 0 Å². The van der Waals surface area contributed by atoms with Crippen molar-refractivity contribution in [2.45, 2.75) is 0 Å². The summed E-state index contributed by atoms with van der Waals surface area (Å²) in [7, 11) is 0. The number of amides is 1. The van der Waals surface area contributed by atoms with Crippen LogP contribution in [-0.2, 0) is 4.79 Å². The third-order valence-corrected chi connectivity index (χ3v) is 5.34. The van der Waals surface area contributed by atoms with E-state index < -0.39 is 0 Å². The second-order valence-electron chi connectivity index (χ2n) is 6.49. The fourth-order valence-electron chi connectivity index (χ4n) is 2.92. The van der Waals surface area contributed by atoms with Crippen molar-refractivity contribution in [1.29, 1.82) is 0 Å². The van der Waals surface area contributed by atoms with Gasteiger partial charge in [-0.25, -0.2) is 4.98 Å². The first-order valence-electron chi connectivity index (χ1n) is 9.41. The lowest BCUT2D eigenvalue weighted by molar-refractivity contribution is -0.111.